The summed E-state index contributed by atoms with van der Waals surface area (Å²) in [6.45, 7) is 4.24. The number of rotatable bonds is 4. The summed E-state index contributed by atoms with van der Waals surface area (Å²) >= 11 is 0. The molecule has 19 heavy (non-hydrogen) atoms. The third-order valence-electron chi connectivity index (χ3n) is 3.61. The van der Waals surface area contributed by atoms with Crippen LogP contribution in [0.15, 0.2) is 24.3 Å². The first-order chi connectivity index (χ1) is 8.31. The standard InChI is InChI=1S/C14H22N2O.2ClH/c1-17-14-4-2-13(3-5-14)11-16-8-6-12(10-15)7-9-16;;/h2-5,12H,6-11,15H2,1H3;2*1H. The summed E-state index contributed by atoms with van der Waals surface area (Å²) in [7, 11) is 1.70. The molecule has 110 valence electrons. The lowest BCUT2D eigenvalue weighted by atomic mass is 9.97. The lowest BCUT2D eigenvalue weighted by Gasteiger charge is -2.31. The molecule has 1 aromatic rings. The summed E-state index contributed by atoms with van der Waals surface area (Å²) in [6.07, 6.45) is 2.49. The Balaban J connectivity index is 0.00000162. The summed E-state index contributed by atoms with van der Waals surface area (Å²) in [4.78, 5) is 2.51. The van der Waals surface area contributed by atoms with Gasteiger partial charge in [0.1, 0.15) is 5.75 Å². The Morgan fingerprint density at radius 2 is 1.74 bits per heavy atom. The number of piperidine rings is 1. The van der Waals surface area contributed by atoms with Gasteiger partial charge in [-0.05, 0) is 56.1 Å². The Morgan fingerprint density at radius 3 is 2.21 bits per heavy atom. The average molecular weight is 307 g/mol. The summed E-state index contributed by atoms with van der Waals surface area (Å²) in [5.74, 6) is 1.66. The average Bonchev–Trinajstić information content (AvgIpc) is 2.40. The smallest absolute Gasteiger partial charge is 0.118 e. The van der Waals surface area contributed by atoms with E-state index < -0.39 is 0 Å². The van der Waals surface area contributed by atoms with Crippen molar-refractivity contribution in [3.63, 3.8) is 0 Å². The number of likely N-dealkylation sites (tertiary alicyclic amines) is 1. The van der Waals surface area contributed by atoms with Gasteiger partial charge in [-0.25, -0.2) is 0 Å². The first kappa shape index (κ1) is 18.5. The van der Waals surface area contributed by atoms with Gasteiger partial charge in [0.25, 0.3) is 0 Å². The van der Waals surface area contributed by atoms with E-state index >= 15 is 0 Å². The number of hydrogen-bond donors (Lipinski definition) is 1. The normalized spacial score (nSPS) is 16.3. The van der Waals surface area contributed by atoms with Gasteiger partial charge in [0, 0.05) is 6.54 Å². The van der Waals surface area contributed by atoms with Gasteiger partial charge in [-0.15, -0.1) is 24.8 Å². The van der Waals surface area contributed by atoms with Crippen LogP contribution in [0.2, 0.25) is 0 Å². The van der Waals surface area contributed by atoms with E-state index in [1.165, 1.54) is 31.5 Å². The molecule has 1 aromatic carbocycles. The Kier molecular flexibility index (Phi) is 9.19. The highest BCUT2D eigenvalue weighted by molar-refractivity contribution is 5.85. The third kappa shape index (κ3) is 5.57. The second kappa shape index (κ2) is 9.43. The fourth-order valence-corrected chi connectivity index (χ4v) is 2.37. The molecule has 0 radical (unpaired) electrons. The van der Waals surface area contributed by atoms with Crippen LogP contribution in [-0.2, 0) is 6.54 Å². The molecule has 1 saturated heterocycles. The van der Waals surface area contributed by atoms with Crippen molar-refractivity contribution in [2.45, 2.75) is 19.4 Å². The molecule has 2 rings (SSSR count). The molecule has 0 spiro atoms. The highest BCUT2D eigenvalue weighted by Gasteiger charge is 2.17. The van der Waals surface area contributed by atoms with Crippen molar-refractivity contribution in [3.8, 4) is 5.75 Å². The van der Waals surface area contributed by atoms with Crippen LogP contribution in [0.1, 0.15) is 18.4 Å². The molecule has 1 aliphatic rings. The molecule has 0 saturated carbocycles. The number of nitrogens with two attached hydrogens (primary N) is 1. The van der Waals surface area contributed by atoms with Crippen molar-refractivity contribution in [3.05, 3.63) is 29.8 Å². The SMILES string of the molecule is COc1ccc(CN2CCC(CN)CC2)cc1.Cl.Cl. The Morgan fingerprint density at radius 1 is 1.16 bits per heavy atom. The van der Waals surface area contributed by atoms with Crippen molar-refractivity contribution < 1.29 is 4.74 Å². The first-order valence-corrected chi connectivity index (χ1v) is 6.37. The largest absolute Gasteiger partial charge is 0.497 e. The highest BCUT2D eigenvalue weighted by atomic mass is 35.5. The quantitative estimate of drug-likeness (QED) is 0.929. The minimum absolute atomic E-state index is 0. The molecule has 0 amide bonds. The Labute approximate surface area is 128 Å². The van der Waals surface area contributed by atoms with Crippen molar-refractivity contribution >= 4 is 24.8 Å². The summed E-state index contributed by atoms with van der Waals surface area (Å²) < 4.78 is 5.16. The summed E-state index contributed by atoms with van der Waals surface area (Å²) in [6, 6.07) is 8.35. The van der Waals surface area contributed by atoms with E-state index in [0.29, 0.717) is 0 Å². The van der Waals surface area contributed by atoms with Crippen molar-refractivity contribution in [2.75, 3.05) is 26.7 Å². The minimum atomic E-state index is 0. The lowest BCUT2D eigenvalue weighted by Crippen LogP contribution is -2.35. The second-order valence-electron chi connectivity index (χ2n) is 4.80. The van der Waals surface area contributed by atoms with Crippen molar-refractivity contribution in [1.82, 2.24) is 4.90 Å². The molecule has 1 aliphatic heterocycles. The second-order valence-corrected chi connectivity index (χ2v) is 4.80. The van der Waals surface area contributed by atoms with E-state index in [0.717, 1.165) is 24.8 Å². The number of halogens is 2. The molecule has 0 bridgehead atoms. The molecule has 5 heteroatoms. The van der Waals surface area contributed by atoms with Crippen LogP contribution in [-0.4, -0.2) is 31.6 Å². The molecule has 2 N–H and O–H groups in total. The molecule has 0 atom stereocenters. The maximum atomic E-state index is 5.70. The Hall–Kier alpha value is -0.480. The summed E-state index contributed by atoms with van der Waals surface area (Å²) in [5, 5.41) is 0. The molecule has 0 aliphatic carbocycles. The van der Waals surface area contributed by atoms with Crippen LogP contribution < -0.4 is 10.5 Å². The zero-order chi connectivity index (χ0) is 12.1. The predicted octanol–water partition coefficient (Wildman–Crippen LogP) is 2.71. The maximum Gasteiger partial charge on any atom is 0.118 e. The van der Waals surface area contributed by atoms with E-state index in [1.54, 1.807) is 7.11 Å². The molecule has 0 unspecified atom stereocenters. The van der Waals surface area contributed by atoms with Crippen LogP contribution in [0.3, 0.4) is 0 Å². The minimum Gasteiger partial charge on any atom is -0.497 e. The van der Waals surface area contributed by atoms with E-state index in [9.17, 15) is 0 Å². The summed E-state index contributed by atoms with van der Waals surface area (Å²) in [5.41, 5.74) is 7.06. The van der Waals surface area contributed by atoms with Crippen LogP contribution >= 0.6 is 24.8 Å². The fourth-order valence-electron chi connectivity index (χ4n) is 2.37. The third-order valence-corrected chi connectivity index (χ3v) is 3.61. The topological polar surface area (TPSA) is 38.5 Å². The maximum absolute atomic E-state index is 5.70. The first-order valence-electron chi connectivity index (χ1n) is 6.37. The molecule has 1 fully saturated rings. The highest BCUT2D eigenvalue weighted by Crippen LogP contribution is 2.19. The van der Waals surface area contributed by atoms with Gasteiger partial charge < -0.3 is 10.5 Å². The van der Waals surface area contributed by atoms with Crippen LogP contribution in [0.5, 0.6) is 5.75 Å². The predicted molar refractivity (Wildman–Crippen MR) is 84.5 cm³/mol. The Bertz CT molecular complexity index is 338. The lowest BCUT2D eigenvalue weighted by molar-refractivity contribution is 0.180. The zero-order valence-corrected chi connectivity index (χ0v) is 13.0. The van der Waals surface area contributed by atoms with Crippen molar-refractivity contribution in [2.24, 2.45) is 11.7 Å². The number of ether oxygens (including phenoxy) is 1. The van der Waals surface area contributed by atoms with Gasteiger partial charge in [0.05, 0.1) is 7.11 Å². The number of benzene rings is 1. The number of nitrogens with zero attached hydrogens (tertiary/aromatic N) is 1. The van der Waals surface area contributed by atoms with E-state index in [4.69, 9.17) is 10.5 Å². The van der Waals surface area contributed by atoms with E-state index in [1.807, 2.05) is 12.1 Å². The van der Waals surface area contributed by atoms with Crippen molar-refractivity contribution in [1.29, 1.82) is 0 Å². The van der Waals surface area contributed by atoms with Crippen LogP contribution in [0.4, 0.5) is 0 Å². The van der Waals surface area contributed by atoms with E-state index in [2.05, 4.69) is 17.0 Å². The van der Waals surface area contributed by atoms with Gasteiger partial charge in [0.15, 0.2) is 0 Å². The zero-order valence-electron chi connectivity index (χ0n) is 11.4. The van der Waals surface area contributed by atoms with E-state index in [-0.39, 0.29) is 24.8 Å². The number of methoxy groups -OCH3 is 1. The van der Waals surface area contributed by atoms with Gasteiger partial charge in [-0.3, -0.25) is 4.90 Å². The number of hydrogen-bond acceptors (Lipinski definition) is 3. The fraction of sp³-hybridized carbons (Fsp3) is 0.571. The van der Waals surface area contributed by atoms with Gasteiger partial charge in [-0.1, -0.05) is 12.1 Å². The van der Waals surface area contributed by atoms with Crippen LogP contribution in [0, 0.1) is 5.92 Å². The molecule has 1 heterocycles. The van der Waals surface area contributed by atoms with Crippen LogP contribution in [0.25, 0.3) is 0 Å². The monoisotopic (exact) mass is 306 g/mol. The molecular weight excluding hydrogens is 283 g/mol. The van der Waals surface area contributed by atoms with Gasteiger partial charge in [0.2, 0.25) is 0 Å². The van der Waals surface area contributed by atoms with Gasteiger partial charge >= 0.3 is 0 Å². The molecular formula is C14H24Cl2N2O. The van der Waals surface area contributed by atoms with Gasteiger partial charge in [-0.2, -0.15) is 0 Å². The molecule has 3 nitrogen and oxygen atoms in total. The molecule has 0 aromatic heterocycles.